The summed E-state index contributed by atoms with van der Waals surface area (Å²) in [5.74, 6) is 0.636. The Morgan fingerprint density at radius 3 is 0.673 bits per heavy atom. The van der Waals surface area contributed by atoms with Gasteiger partial charge in [-0.3, -0.25) is 19.9 Å². The second-order valence-corrected chi connectivity index (χ2v) is 26.3. The molecule has 20 rings (SSSR count). The predicted molar refractivity (Wildman–Crippen MR) is 432 cm³/mol. The lowest BCUT2D eigenvalue weighted by Crippen LogP contribution is -1.98. The highest BCUT2D eigenvalue weighted by Gasteiger charge is 2.21. The molecule has 0 unspecified atom stereocenters. The van der Waals surface area contributed by atoms with Crippen LogP contribution in [0.2, 0.25) is 0 Å². The zero-order chi connectivity index (χ0) is 68.9. The molecule has 0 aliphatic rings. The summed E-state index contributed by atoms with van der Waals surface area (Å²) in [6.45, 7) is 0. The van der Waals surface area contributed by atoms with E-state index in [2.05, 4.69) is 346 Å². The van der Waals surface area contributed by atoms with E-state index in [1.54, 1.807) is 0 Å². The number of hydrogen-bond acceptors (Lipinski definition) is 7. The summed E-state index contributed by atoms with van der Waals surface area (Å²) in [7, 11) is 0. The molecule has 104 heavy (non-hydrogen) atoms. The number of hydrogen-bond donors (Lipinski definition) is 0. The third-order valence-corrected chi connectivity index (χ3v) is 20.1. The van der Waals surface area contributed by atoms with Crippen LogP contribution in [0.1, 0.15) is 0 Å². The second kappa shape index (κ2) is 26.3. The summed E-state index contributed by atoms with van der Waals surface area (Å²) in [4.78, 5) is 36.0. The maximum Gasteiger partial charge on any atom is 0.160 e. The van der Waals surface area contributed by atoms with Crippen LogP contribution in [0.3, 0.4) is 0 Å². The zero-order valence-corrected chi connectivity index (χ0v) is 56.3. The first-order valence-corrected chi connectivity index (χ1v) is 35.0. The molecule has 7 heteroatoms. The number of pyridine rings is 5. The fraction of sp³-hybridized carbons (Fsp3) is 0. The van der Waals surface area contributed by atoms with Crippen LogP contribution in [0.15, 0.2) is 371 Å². The van der Waals surface area contributed by atoms with E-state index in [0.29, 0.717) is 5.82 Å². The van der Waals surface area contributed by atoms with Gasteiger partial charge in [0.1, 0.15) is 0 Å². The number of benzene rings is 14. The zero-order valence-electron chi connectivity index (χ0n) is 56.3. The Morgan fingerprint density at radius 2 is 0.375 bits per heavy atom. The quantitative estimate of drug-likeness (QED) is 0.135. The Bertz CT molecular complexity index is 5530. The summed E-state index contributed by atoms with van der Waals surface area (Å²) < 4.78 is 0. The minimum atomic E-state index is 0.636. The first-order chi connectivity index (χ1) is 51.5. The van der Waals surface area contributed by atoms with Crippen LogP contribution in [0.5, 0.6) is 0 Å². The van der Waals surface area contributed by atoms with Crippen molar-refractivity contribution in [1.82, 2.24) is 34.9 Å². The third-order valence-electron chi connectivity index (χ3n) is 20.1. The minimum Gasteiger partial charge on any atom is -0.256 e. The Labute approximate surface area is 600 Å². The Morgan fingerprint density at radius 1 is 0.154 bits per heavy atom. The van der Waals surface area contributed by atoms with Crippen LogP contribution in [0.25, 0.3) is 199 Å². The maximum atomic E-state index is 5.42. The average molecular weight is 1320 g/mol. The van der Waals surface area contributed by atoms with Gasteiger partial charge in [-0.15, -0.1) is 0 Å². The molecule has 0 saturated heterocycles. The summed E-state index contributed by atoms with van der Waals surface area (Å²) in [6, 6.07) is 122. The lowest BCUT2D eigenvalue weighted by atomic mass is 9.92. The molecule has 0 radical (unpaired) electrons. The summed E-state index contributed by atoms with van der Waals surface area (Å²) in [6.07, 6.45) is 7.58. The van der Waals surface area contributed by atoms with E-state index in [-0.39, 0.29) is 0 Å². The molecule has 484 valence electrons. The Balaban J connectivity index is 0.000000143. The topological polar surface area (TPSA) is 90.2 Å². The molecule has 20 aromatic rings. The van der Waals surface area contributed by atoms with Gasteiger partial charge in [-0.1, -0.05) is 267 Å². The van der Waals surface area contributed by atoms with Crippen molar-refractivity contribution in [3.63, 3.8) is 0 Å². The normalized spacial score (nSPS) is 11.5. The number of nitrogens with zero attached hydrogens (tertiary/aromatic N) is 7. The van der Waals surface area contributed by atoms with E-state index < -0.39 is 0 Å². The highest BCUT2D eigenvalue weighted by molar-refractivity contribution is 6.05. The fourth-order valence-corrected chi connectivity index (χ4v) is 15.1. The van der Waals surface area contributed by atoms with Crippen molar-refractivity contribution in [2.45, 2.75) is 0 Å². The van der Waals surface area contributed by atoms with Gasteiger partial charge in [-0.05, 0) is 155 Å². The van der Waals surface area contributed by atoms with Gasteiger partial charge in [0.2, 0.25) is 0 Å². The van der Waals surface area contributed by atoms with Crippen LogP contribution in [-0.4, -0.2) is 34.9 Å². The van der Waals surface area contributed by atoms with Crippen molar-refractivity contribution >= 4 is 86.2 Å². The largest absolute Gasteiger partial charge is 0.256 e. The summed E-state index contributed by atoms with van der Waals surface area (Å²) in [5.41, 5.74) is 18.7. The molecule has 7 nitrogen and oxygen atoms in total. The lowest BCUT2D eigenvalue weighted by Gasteiger charge is -2.16. The first kappa shape index (κ1) is 61.1. The lowest BCUT2D eigenvalue weighted by molar-refractivity contribution is 1.19. The monoisotopic (exact) mass is 1320 g/mol. The third kappa shape index (κ3) is 11.4. The molecule has 6 aromatic heterocycles. The minimum absolute atomic E-state index is 0.636. The second-order valence-electron chi connectivity index (χ2n) is 26.3. The molecule has 0 aliphatic carbocycles. The van der Waals surface area contributed by atoms with Crippen LogP contribution in [-0.2, 0) is 0 Å². The molecule has 0 atom stereocenters. The van der Waals surface area contributed by atoms with E-state index in [9.17, 15) is 0 Å². The molecule has 6 heterocycles. The van der Waals surface area contributed by atoms with E-state index in [4.69, 9.17) is 34.9 Å². The standard InChI is InChI=1S/C49H31N3.C48H30N4/c1-5-17-40-32(11-1)15-9-21-44(40)46-30-37(31-47(52-46)45-22-10-16-33-12-2-6-18-41(33)45)36-27-38(48-42-19-7-3-13-34(42)23-25-50-48)29-39(28-36)49-43-20-8-4-14-35(43)24-26-51-49;1-5-17-38-31(11-1)15-9-21-42(38)44-30-45(43-22-10-16-32-12-2-6-18-39(32)43)52-48(51-44)37-28-35(46-40-19-7-3-13-33(40)23-25-49-46)27-36(29-37)47-41-20-8-4-14-34(41)24-26-50-47/h1-31H;1-30H. The van der Waals surface area contributed by atoms with Gasteiger partial charge in [0.05, 0.1) is 45.6 Å². The van der Waals surface area contributed by atoms with Crippen LogP contribution in [0.4, 0.5) is 0 Å². The maximum absolute atomic E-state index is 5.42. The van der Waals surface area contributed by atoms with Gasteiger partial charge in [0.15, 0.2) is 5.82 Å². The molecule has 0 fully saturated rings. The van der Waals surface area contributed by atoms with E-state index in [1.807, 2.05) is 24.8 Å². The van der Waals surface area contributed by atoms with E-state index in [0.717, 1.165) is 161 Å². The molecular weight excluding hydrogens is 1260 g/mol. The molecule has 14 aromatic carbocycles. The van der Waals surface area contributed by atoms with Gasteiger partial charge < -0.3 is 0 Å². The van der Waals surface area contributed by atoms with Crippen molar-refractivity contribution in [2.75, 3.05) is 0 Å². The van der Waals surface area contributed by atoms with Crippen molar-refractivity contribution < 1.29 is 0 Å². The van der Waals surface area contributed by atoms with Crippen molar-refractivity contribution in [1.29, 1.82) is 0 Å². The molecule has 0 bridgehead atoms. The number of aromatic nitrogens is 7. The van der Waals surface area contributed by atoms with Gasteiger partial charge in [-0.2, -0.15) is 0 Å². The molecule has 0 amide bonds. The molecule has 0 saturated carbocycles. The molecule has 0 aliphatic heterocycles. The van der Waals surface area contributed by atoms with Crippen molar-refractivity contribution in [3.05, 3.63) is 371 Å². The van der Waals surface area contributed by atoms with Crippen molar-refractivity contribution in [2.24, 2.45) is 0 Å². The highest BCUT2D eigenvalue weighted by atomic mass is 14.9. The Kier molecular flexibility index (Phi) is 15.4. The molecule has 0 N–H and O–H groups in total. The smallest absolute Gasteiger partial charge is 0.160 e. The Hall–Kier alpha value is -14.0. The van der Waals surface area contributed by atoms with Gasteiger partial charge in [0.25, 0.3) is 0 Å². The number of rotatable bonds is 10. The fourth-order valence-electron chi connectivity index (χ4n) is 15.1. The van der Waals surface area contributed by atoms with E-state index >= 15 is 0 Å². The van der Waals surface area contributed by atoms with Gasteiger partial charge in [-0.25, -0.2) is 15.0 Å². The van der Waals surface area contributed by atoms with Crippen LogP contribution >= 0.6 is 0 Å². The predicted octanol–water partition coefficient (Wildman–Crippen LogP) is 25.0. The van der Waals surface area contributed by atoms with Crippen molar-refractivity contribution in [3.8, 4) is 113 Å². The molecule has 0 spiro atoms. The molecular formula is C97H61N7. The van der Waals surface area contributed by atoms with E-state index in [1.165, 1.54) is 32.3 Å². The first-order valence-electron chi connectivity index (χ1n) is 35.0. The number of fused-ring (bicyclic) bond motifs is 8. The van der Waals surface area contributed by atoms with Crippen LogP contribution < -0.4 is 0 Å². The summed E-state index contributed by atoms with van der Waals surface area (Å²) >= 11 is 0. The van der Waals surface area contributed by atoms with Crippen LogP contribution in [0, 0.1) is 0 Å². The average Bonchev–Trinajstić information content (AvgIpc) is 0.767. The highest BCUT2D eigenvalue weighted by Crippen LogP contribution is 2.43. The SMILES string of the molecule is c1ccc2c(-c3cc(-c4cc(-c5nccc6ccccc56)cc(-c5nccc6ccccc56)c4)cc(-c4cccc5ccccc45)n3)cccc2c1.c1ccc2c(-c3cc(-c4cccc5ccccc45)nc(-c4cc(-c5nccc6ccccc56)cc(-c5nccc6ccccc56)c4)n3)cccc2c1. The van der Waals surface area contributed by atoms with Gasteiger partial charge in [0, 0.05) is 96.4 Å². The summed E-state index contributed by atoms with van der Waals surface area (Å²) in [5, 5.41) is 18.3. The van der Waals surface area contributed by atoms with Gasteiger partial charge >= 0.3 is 0 Å².